The van der Waals surface area contributed by atoms with Gasteiger partial charge in [-0.2, -0.15) is 4.31 Å². The third-order valence-corrected chi connectivity index (χ3v) is 6.25. The summed E-state index contributed by atoms with van der Waals surface area (Å²) in [6, 6.07) is 13.5. The molecule has 1 N–H and O–H groups in total. The molecule has 27 heavy (non-hydrogen) atoms. The molecule has 0 radical (unpaired) electrons. The average molecular weight is 455 g/mol. The molecule has 1 amide bonds. The van der Waals surface area contributed by atoms with Crippen LogP contribution in [0.5, 0.6) is 5.75 Å². The fraction of sp³-hybridized carbons (Fsp3) is 0.316. The van der Waals surface area contributed by atoms with Gasteiger partial charge in [0, 0.05) is 11.5 Å². The van der Waals surface area contributed by atoms with E-state index in [1.807, 2.05) is 38.1 Å². The highest BCUT2D eigenvalue weighted by atomic mass is 79.9. The second kappa shape index (κ2) is 9.34. The van der Waals surface area contributed by atoms with Gasteiger partial charge in [-0.15, -0.1) is 0 Å². The molecule has 2 aromatic rings. The zero-order chi connectivity index (χ0) is 20.0. The van der Waals surface area contributed by atoms with Crippen molar-refractivity contribution in [3.8, 4) is 5.75 Å². The Morgan fingerprint density at radius 2 is 1.89 bits per heavy atom. The molecule has 0 aliphatic heterocycles. The predicted octanol–water partition coefficient (Wildman–Crippen LogP) is 3.35. The summed E-state index contributed by atoms with van der Waals surface area (Å²) in [5.74, 6) is 0.221. The standard InChI is InChI=1S/C19H23BrN2O4S/c1-4-26-17-8-10-18(11-9-17)27(24,25)22(3)13-19(23)21-14(2)15-6-5-7-16(20)12-15/h5-12,14H,4,13H2,1-3H3,(H,21,23). The number of ether oxygens (including phenoxy) is 1. The Hall–Kier alpha value is -1.90. The van der Waals surface area contributed by atoms with Crippen molar-refractivity contribution in [2.24, 2.45) is 0 Å². The van der Waals surface area contributed by atoms with E-state index in [9.17, 15) is 13.2 Å². The molecule has 0 saturated heterocycles. The molecule has 2 aromatic carbocycles. The molecule has 0 fully saturated rings. The molecule has 2 rings (SSSR count). The monoisotopic (exact) mass is 454 g/mol. The number of nitrogens with zero attached hydrogens (tertiary/aromatic N) is 1. The maximum Gasteiger partial charge on any atom is 0.243 e. The summed E-state index contributed by atoms with van der Waals surface area (Å²) < 4.78 is 32.5. The Bertz CT molecular complexity index is 885. The van der Waals surface area contributed by atoms with Crippen molar-refractivity contribution in [1.29, 1.82) is 0 Å². The third-order valence-electron chi connectivity index (χ3n) is 3.94. The van der Waals surface area contributed by atoms with Crippen molar-refractivity contribution in [1.82, 2.24) is 9.62 Å². The first-order valence-electron chi connectivity index (χ1n) is 8.48. The number of sulfonamides is 1. The van der Waals surface area contributed by atoms with Gasteiger partial charge in [-0.05, 0) is 55.8 Å². The van der Waals surface area contributed by atoms with E-state index in [1.54, 1.807) is 12.1 Å². The lowest BCUT2D eigenvalue weighted by molar-refractivity contribution is -0.121. The van der Waals surface area contributed by atoms with Crippen LogP contribution in [0.2, 0.25) is 0 Å². The van der Waals surface area contributed by atoms with E-state index in [0.717, 1.165) is 14.3 Å². The maximum atomic E-state index is 12.6. The molecule has 6 nitrogen and oxygen atoms in total. The van der Waals surface area contributed by atoms with Crippen LogP contribution in [-0.2, 0) is 14.8 Å². The van der Waals surface area contributed by atoms with Gasteiger partial charge in [-0.3, -0.25) is 4.79 Å². The molecule has 0 aliphatic rings. The summed E-state index contributed by atoms with van der Waals surface area (Å²) in [5.41, 5.74) is 0.926. The van der Waals surface area contributed by atoms with Crippen LogP contribution in [-0.4, -0.2) is 38.8 Å². The van der Waals surface area contributed by atoms with Gasteiger partial charge in [0.2, 0.25) is 15.9 Å². The zero-order valence-electron chi connectivity index (χ0n) is 15.5. The second-order valence-electron chi connectivity index (χ2n) is 6.01. The smallest absolute Gasteiger partial charge is 0.243 e. The predicted molar refractivity (Wildman–Crippen MR) is 108 cm³/mol. The summed E-state index contributed by atoms with van der Waals surface area (Å²) >= 11 is 3.39. The minimum absolute atomic E-state index is 0.112. The van der Waals surface area contributed by atoms with Gasteiger partial charge in [-0.25, -0.2) is 8.42 Å². The molecule has 0 saturated carbocycles. The van der Waals surface area contributed by atoms with E-state index in [2.05, 4.69) is 21.2 Å². The summed E-state index contributed by atoms with van der Waals surface area (Å²) in [4.78, 5) is 12.4. The minimum Gasteiger partial charge on any atom is -0.494 e. The molecular weight excluding hydrogens is 432 g/mol. The van der Waals surface area contributed by atoms with Crippen LogP contribution in [0, 0.1) is 0 Å². The largest absolute Gasteiger partial charge is 0.494 e. The highest BCUT2D eigenvalue weighted by molar-refractivity contribution is 9.10. The highest BCUT2D eigenvalue weighted by Gasteiger charge is 2.23. The van der Waals surface area contributed by atoms with E-state index < -0.39 is 10.0 Å². The third kappa shape index (κ3) is 5.79. The Balaban J connectivity index is 2.01. The fourth-order valence-electron chi connectivity index (χ4n) is 2.49. The van der Waals surface area contributed by atoms with E-state index in [0.29, 0.717) is 12.4 Å². The van der Waals surface area contributed by atoms with Gasteiger partial charge in [-0.1, -0.05) is 28.1 Å². The normalized spacial score (nSPS) is 12.6. The van der Waals surface area contributed by atoms with Gasteiger partial charge in [0.25, 0.3) is 0 Å². The number of likely N-dealkylation sites (N-methyl/N-ethyl adjacent to an activating group) is 1. The quantitative estimate of drug-likeness (QED) is 0.663. The van der Waals surface area contributed by atoms with Gasteiger partial charge in [0.15, 0.2) is 0 Å². The Kier molecular flexibility index (Phi) is 7.41. The van der Waals surface area contributed by atoms with Crippen molar-refractivity contribution in [3.63, 3.8) is 0 Å². The minimum atomic E-state index is -3.76. The van der Waals surface area contributed by atoms with E-state index in [1.165, 1.54) is 19.2 Å². The lowest BCUT2D eigenvalue weighted by Crippen LogP contribution is -2.39. The number of halogens is 1. The molecule has 8 heteroatoms. The van der Waals surface area contributed by atoms with Crippen molar-refractivity contribution < 1.29 is 17.9 Å². The lowest BCUT2D eigenvalue weighted by Gasteiger charge is -2.19. The van der Waals surface area contributed by atoms with Gasteiger partial charge in [0.05, 0.1) is 24.1 Å². The number of hydrogen-bond acceptors (Lipinski definition) is 4. The molecule has 0 aliphatic carbocycles. The van der Waals surface area contributed by atoms with Crippen LogP contribution >= 0.6 is 15.9 Å². The Morgan fingerprint density at radius 1 is 1.22 bits per heavy atom. The van der Waals surface area contributed by atoms with Gasteiger partial charge < -0.3 is 10.1 Å². The van der Waals surface area contributed by atoms with E-state index in [-0.39, 0.29) is 23.4 Å². The van der Waals surface area contributed by atoms with Crippen LogP contribution < -0.4 is 10.1 Å². The topological polar surface area (TPSA) is 75.7 Å². The van der Waals surface area contributed by atoms with E-state index in [4.69, 9.17) is 4.74 Å². The molecule has 146 valence electrons. The summed E-state index contributed by atoms with van der Waals surface area (Å²) in [6.07, 6.45) is 0. The molecule has 0 heterocycles. The van der Waals surface area contributed by atoms with Crippen LogP contribution in [0.3, 0.4) is 0 Å². The first-order valence-corrected chi connectivity index (χ1v) is 10.7. The molecule has 0 aromatic heterocycles. The van der Waals surface area contributed by atoms with Crippen molar-refractivity contribution >= 4 is 31.9 Å². The highest BCUT2D eigenvalue weighted by Crippen LogP contribution is 2.20. The summed E-state index contributed by atoms with van der Waals surface area (Å²) in [6.45, 7) is 3.93. The number of benzene rings is 2. The van der Waals surface area contributed by atoms with Crippen LogP contribution in [0.25, 0.3) is 0 Å². The number of nitrogens with one attached hydrogen (secondary N) is 1. The van der Waals surface area contributed by atoms with Crippen LogP contribution in [0.15, 0.2) is 57.9 Å². The Morgan fingerprint density at radius 3 is 2.48 bits per heavy atom. The zero-order valence-corrected chi connectivity index (χ0v) is 17.9. The summed E-state index contributed by atoms with van der Waals surface area (Å²) in [5, 5.41) is 2.82. The summed E-state index contributed by atoms with van der Waals surface area (Å²) in [7, 11) is -2.38. The number of carbonyl (C=O) groups excluding carboxylic acids is 1. The van der Waals surface area contributed by atoms with Crippen molar-refractivity contribution in [2.75, 3.05) is 20.2 Å². The molecule has 0 bridgehead atoms. The number of hydrogen-bond donors (Lipinski definition) is 1. The molecule has 1 unspecified atom stereocenters. The van der Waals surface area contributed by atoms with Gasteiger partial charge >= 0.3 is 0 Å². The maximum absolute atomic E-state index is 12.6. The number of amides is 1. The first kappa shape index (κ1) is 21.4. The molecule has 1 atom stereocenters. The van der Waals surface area contributed by atoms with Gasteiger partial charge in [0.1, 0.15) is 5.75 Å². The van der Waals surface area contributed by atoms with Crippen LogP contribution in [0.4, 0.5) is 0 Å². The van der Waals surface area contributed by atoms with Crippen molar-refractivity contribution in [2.45, 2.75) is 24.8 Å². The Labute approximate surface area is 168 Å². The average Bonchev–Trinajstić information content (AvgIpc) is 2.62. The first-order chi connectivity index (χ1) is 12.7. The lowest BCUT2D eigenvalue weighted by atomic mass is 10.1. The number of carbonyl (C=O) groups is 1. The molecular formula is C19H23BrN2O4S. The number of rotatable bonds is 8. The van der Waals surface area contributed by atoms with E-state index >= 15 is 0 Å². The van der Waals surface area contributed by atoms with Crippen LogP contribution in [0.1, 0.15) is 25.5 Å². The van der Waals surface area contributed by atoms with Crippen molar-refractivity contribution in [3.05, 3.63) is 58.6 Å². The second-order valence-corrected chi connectivity index (χ2v) is 8.97. The fourth-order valence-corrected chi connectivity index (χ4v) is 4.03. The SMILES string of the molecule is CCOc1ccc(S(=O)(=O)N(C)CC(=O)NC(C)c2cccc(Br)c2)cc1. The molecule has 0 spiro atoms.